The first-order valence-electron chi connectivity index (χ1n) is 10.7. The van der Waals surface area contributed by atoms with E-state index in [1.807, 2.05) is 6.92 Å². The summed E-state index contributed by atoms with van der Waals surface area (Å²) < 4.78 is 55.6. The molecule has 0 bridgehead atoms. The van der Waals surface area contributed by atoms with Gasteiger partial charge in [0.15, 0.2) is 5.65 Å². The van der Waals surface area contributed by atoms with Crippen molar-refractivity contribution < 1.29 is 16.8 Å². The van der Waals surface area contributed by atoms with E-state index in [0.717, 1.165) is 9.54 Å². The second-order valence-corrected chi connectivity index (χ2v) is 11.9. The Morgan fingerprint density at radius 3 is 2.26 bits per heavy atom. The average molecular weight is 518 g/mol. The minimum absolute atomic E-state index is 0.112. The van der Waals surface area contributed by atoms with Crippen LogP contribution < -0.4 is 0 Å². The Hall–Kier alpha value is -2.72. The third kappa shape index (κ3) is 4.13. The van der Waals surface area contributed by atoms with Crippen molar-refractivity contribution in [2.45, 2.75) is 30.6 Å². The summed E-state index contributed by atoms with van der Waals surface area (Å²) in [5.41, 5.74) is 2.09. The van der Waals surface area contributed by atoms with Crippen LogP contribution in [0, 0.1) is 6.92 Å². The summed E-state index contributed by atoms with van der Waals surface area (Å²) in [5.74, 6) is 0. The molecule has 0 aliphatic carbocycles. The van der Waals surface area contributed by atoms with Gasteiger partial charge in [-0.15, -0.1) is 0 Å². The molecule has 0 fully saturated rings. The SMILES string of the molecule is CCN(CC)S(=O)(=O)c1cccc(-c2cn(S(=O)(=O)c3ccc(C)cc3)c3nccc(Cl)c23)c1. The Morgan fingerprint density at radius 1 is 0.941 bits per heavy atom. The molecule has 4 rings (SSSR count). The molecule has 0 N–H and O–H groups in total. The van der Waals surface area contributed by atoms with Crippen LogP contribution in [-0.2, 0) is 20.0 Å². The summed E-state index contributed by atoms with van der Waals surface area (Å²) in [6.45, 7) is 6.11. The Bertz CT molecular complexity index is 1570. The number of benzene rings is 2. The van der Waals surface area contributed by atoms with Gasteiger partial charge in [-0.25, -0.2) is 25.8 Å². The number of fused-ring (bicyclic) bond motifs is 1. The second-order valence-electron chi connectivity index (χ2n) is 7.77. The second kappa shape index (κ2) is 9.14. The van der Waals surface area contributed by atoms with Crippen LogP contribution in [0.3, 0.4) is 0 Å². The summed E-state index contributed by atoms with van der Waals surface area (Å²) >= 11 is 6.49. The maximum atomic E-state index is 13.5. The zero-order chi connectivity index (χ0) is 24.7. The summed E-state index contributed by atoms with van der Waals surface area (Å²) in [7, 11) is -7.68. The van der Waals surface area contributed by atoms with Crippen LogP contribution in [0.5, 0.6) is 0 Å². The molecule has 0 radical (unpaired) electrons. The maximum Gasteiger partial charge on any atom is 0.269 e. The predicted molar refractivity (Wildman–Crippen MR) is 134 cm³/mol. The lowest BCUT2D eigenvalue weighted by molar-refractivity contribution is 0.445. The molecular formula is C24H24ClN3O4S2. The Kier molecular flexibility index (Phi) is 6.56. The average Bonchev–Trinajstić information content (AvgIpc) is 3.22. The fraction of sp³-hybridized carbons (Fsp3) is 0.208. The molecule has 2 heterocycles. The van der Waals surface area contributed by atoms with Crippen molar-refractivity contribution in [1.29, 1.82) is 0 Å². The van der Waals surface area contributed by atoms with E-state index >= 15 is 0 Å². The molecular weight excluding hydrogens is 494 g/mol. The number of sulfonamides is 1. The molecule has 34 heavy (non-hydrogen) atoms. The summed E-state index contributed by atoms with van der Waals surface area (Å²) in [4.78, 5) is 4.53. The molecule has 4 aromatic rings. The van der Waals surface area contributed by atoms with E-state index in [2.05, 4.69) is 4.98 Å². The zero-order valence-electron chi connectivity index (χ0n) is 18.9. The van der Waals surface area contributed by atoms with Crippen LogP contribution in [0.4, 0.5) is 0 Å². The number of aryl methyl sites for hydroxylation is 1. The number of aromatic nitrogens is 2. The van der Waals surface area contributed by atoms with Crippen LogP contribution in [0.1, 0.15) is 19.4 Å². The third-order valence-electron chi connectivity index (χ3n) is 5.67. The van der Waals surface area contributed by atoms with Gasteiger partial charge in [0.2, 0.25) is 10.0 Å². The first-order valence-corrected chi connectivity index (χ1v) is 14.0. The molecule has 0 aliphatic rings. The van der Waals surface area contributed by atoms with Crippen molar-refractivity contribution in [3.63, 3.8) is 0 Å². The highest BCUT2D eigenvalue weighted by Crippen LogP contribution is 2.37. The van der Waals surface area contributed by atoms with Crippen molar-refractivity contribution in [1.82, 2.24) is 13.3 Å². The lowest BCUT2D eigenvalue weighted by Crippen LogP contribution is -2.30. The van der Waals surface area contributed by atoms with Gasteiger partial charge in [-0.1, -0.05) is 55.3 Å². The lowest BCUT2D eigenvalue weighted by atomic mass is 10.1. The van der Waals surface area contributed by atoms with Gasteiger partial charge in [0.05, 0.1) is 14.8 Å². The van der Waals surface area contributed by atoms with Crippen LogP contribution >= 0.6 is 11.6 Å². The summed E-state index contributed by atoms with van der Waals surface area (Å²) in [5, 5.41) is 0.743. The molecule has 0 saturated carbocycles. The van der Waals surface area contributed by atoms with Crippen molar-refractivity contribution >= 4 is 42.7 Å². The molecule has 7 nitrogen and oxygen atoms in total. The Morgan fingerprint density at radius 2 is 1.62 bits per heavy atom. The van der Waals surface area contributed by atoms with E-state index in [1.165, 1.54) is 41.0 Å². The molecule has 0 unspecified atom stereocenters. The molecule has 0 aliphatic heterocycles. The van der Waals surface area contributed by atoms with E-state index < -0.39 is 20.0 Å². The van der Waals surface area contributed by atoms with Crippen LogP contribution in [0.2, 0.25) is 5.02 Å². The maximum absolute atomic E-state index is 13.5. The van der Waals surface area contributed by atoms with Crippen LogP contribution in [0.15, 0.2) is 76.8 Å². The normalized spacial score (nSPS) is 12.5. The Balaban J connectivity index is 1.95. The highest BCUT2D eigenvalue weighted by Gasteiger charge is 2.26. The number of pyridine rings is 1. The molecule has 10 heteroatoms. The minimum Gasteiger partial charge on any atom is -0.237 e. The van der Waals surface area contributed by atoms with E-state index in [0.29, 0.717) is 34.6 Å². The van der Waals surface area contributed by atoms with Gasteiger partial charge < -0.3 is 0 Å². The fourth-order valence-electron chi connectivity index (χ4n) is 3.85. The van der Waals surface area contributed by atoms with E-state index in [-0.39, 0.29) is 15.4 Å². The molecule has 0 amide bonds. The zero-order valence-corrected chi connectivity index (χ0v) is 21.3. The van der Waals surface area contributed by atoms with Gasteiger partial charge >= 0.3 is 0 Å². The monoisotopic (exact) mass is 517 g/mol. The standard InChI is InChI=1S/C24H24ClN3O4S2/c1-4-27(5-2)33(29,30)20-8-6-7-18(15-20)21-16-28(24-23(21)22(25)13-14-26-24)34(31,32)19-11-9-17(3)10-12-19/h6-16H,4-5H2,1-3H3. The number of hydrogen-bond acceptors (Lipinski definition) is 5. The number of halogens is 1. The van der Waals surface area contributed by atoms with Crippen molar-refractivity contribution in [3.8, 4) is 11.1 Å². The van der Waals surface area contributed by atoms with Gasteiger partial charge in [-0.05, 0) is 42.8 Å². The summed E-state index contributed by atoms with van der Waals surface area (Å²) in [6.07, 6.45) is 2.89. The van der Waals surface area contributed by atoms with E-state index in [9.17, 15) is 16.8 Å². The number of nitrogens with zero attached hydrogens (tertiary/aromatic N) is 3. The molecule has 2 aromatic heterocycles. The highest BCUT2D eigenvalue weighted by atomic mass is 35.5. The van der Waals surface area contributed by atoms with Gasteiger partial charge in [0, 0.05) is 36.4 Å². The molecule has 178 valence electrons. The topological polar surface area (TPSA) is 89.3 Å². The smallest absolute Gasteiger partial charge is 0.237 e. The Labute approximate surface area is 204 Å². The highest BCUT2D eigenvalue weighted by molar-refractivity contribution is 7.90. The molecule has 0 atom stereocenters. The molecule has 0 spiro atoms. The molecule has 2 aromatic carbocycles. The van der Waals surface area contributed by atoms with Crippen molar-refractivity contribution in [2.75, 3.05) is 13.1 Å². The first kappa shape index (κ1) is 24.4. The van der Waals surface area contributed by atoms with Gasteiger partial charge in [0.25, 0.3) is 10.0 Å². The lowest BCUT2D eigenvalue weighted by Gasteiger charge is -2.18. The first-order chi connectivity index (χ1) is 16.1. The van der Waals surface area contributed by atoms with E-state index in [4.69, 9.17) is 11.6 Å². The predicted octanol–water partition coefficient (Wildman–Crippen LogP) is 4.93. The third-order valence-corrected chi connectivity index (χ3v) is 9.70. The fourth-order valence-corrected chi connectivity index (χ4v) is 6.91. The van der Waals surface area contributed by atoms with Gasteiger partial charge in [-0.3, -0.25) is 0 Å². The van der Waals surface area contributed by atoms with Crippen molar-refractivity contribution in [2.24, 2.45) is 0 Å². The van der Waals surface area contributed by atoms with Crippen LogP contribution in [-0.4, -0.2) is 43.2 Å². The summed E-state index contributed by atoms with van der Waals surface area (Å²) in [6, 6.07) is 14.5. The quantitative estimate of drug-likeness (QED) is 0.346. The van der Waals surface area contributed by atoms with Crippen LogP contribution in [0.25, 0.3) is 22.2 Å². The van der Waals surface area contributed by atoms with Crippen molar-refractivity contribution in [3.05, 3.63) is 77.6 Å². The largest absolute Gasteiger partial charge is 0.269 e. The number of rotatable bonds is 7. The van der Waals surface area contributed by atoms with E-state index in [1.54, 1.807) is 44.2 Å². The van der Waals surface area contributed by atoms with Gasteiger partial charge in [-0.2, -0.15) is 4.31 Å². The molecule has 0 saturated heterocycles. The van der Waals surface area contributed by atoms with Gasteiger partial charge in [0.1, 0.15) is 0 Å². The number of hydrogen-bond donors (Lipinski definition) is 0. The minimum atomic E-state index is -3.98.